The largest absolute Gasteiger partial charge is 0.353 e. The maximum Gasteiger partial charge on any atom is 0.224 e. The van der Waals surface area contributed by atoms with Crippen molar-refractivity contribution in [1.29, 1.82) is 0 Å². The Balaban J connectivity index is 1.77. The molecule has 0 bridgehead atoms. The second kappa shape index (κ2) is 6.64. The minimum Gasteiger partial charge on any atom is -0.353 e. The molecule has 1 heterocycles. The van der Waals surface area contributed by atoms with Gasteiger partial charge in [0.05, 0.1) is 5.92 Å². The fourth-order valence-electron chi connectivity index (χ4n) is 2.88. The van der Waals surface area contributed by atoms with Crippen molar-refractivity contribution in [3.63, 3.8) is 0 Å². The van der Waals surface area contributed by atoms with Crippen molar-refractivity contribution < 1.29 is 4.79 Å². The van der Waals surface area contributed by atoms with Gasteiger partial charge in [0.15, 0.2) is 0 Å². The van der Waals surface area contributed by atoms with Gasteiger partial charge in [-0.15, -0.1) is 0 Å². The van der Waals surface area contributed by atoms with E-state index in [1.807, 2.05) is 11.8 Å². The number of nitrogens with one attached hydrogen (secondary N) is 2. The Morgan fingerprint density at radius 2 is 2.18 bits per heavy atom. The average Bonchev–Trinajstić information content (AvgIpc) is 2.40. The van der Waals surface area contributed by atoms with Gasteiger partial charge < -0.3 is 10.6 Å². The van der Waals surface area contributed by atoms with E-state index in [0.29, 0.717) is 6.04 Å². The van der Waals surface area contributed by atoms with E-state index in [2.05, 4.69) is 16.9 Å². The van der Waals surface area contributed by atoms with Crippen molar-refractivity contribution in [3.8, 4) is 0 Å². The zero-order chi connectivity index (χ0) is 12.1. The van der Waals surface area contributed by atoms with Crippen LogP contribution in [-0.4, -0.2) is 36.5 Å². The van der Waals surface area contributed by atoms with Crippen LogP contribution in [0.25, 0.3) is 0 Å². The maximum atomic E-state index is 12.1. The van der Waals surface area contributed by atoms with E-state index in [1.54, 1.807) is 0 Å². The monoisotopic (exact) mass is 256 g/mol. The molecule has 2 fully saturated rings. The van der Waals surface area contributed by atoms with E-state index in [-0.39, 0.29) is 11.8 Å². The Labute approximate surface area is 108 Å². The fraction of sp³-hybridized carbons (Fsp3) is 0.923. The molecule has 2 rings (SSSR count). The summed E-state index contributed by atoms with van der Waals surface area (Å²) in [6.45, 7) is 1.94. The number of amides is 1. The SMILES string of the molecule is CSC1CCCC(NC(=O)C2CCCNC2)C1. The molecule has 0 spiro atoms. The van der Waals surface area contributed by atoms with E-state index in [1.165, 1.54) is 19.3 Å². The first-order valence-corrected chi connectivity index (χ1v) is 8.12. The molecule has 0 aromatic heterocycles. The molecule has 1 saturated carbocycles. The summed E-state index contributed by atoms with van der Waals surface area (Å²) < 4.78 is 0. The number of hydrogen-bond donors (Lipinski definition) is 2. The molecule has 2 aliphatic rings. The highest BCUT2D eigenvalue weighted by molar-refractivity contribution is 7.99. The predicted molar refractivity (Wildman–Crippen MR) is 73.3 cm³/mol. The lowest BCUT2D eigenvalue weighted by atomic mass is 9.93. The lowest BCUT2D eigenvalue weighted by molar-refractivity contribution is -0.126. The third-order valence-electron chi connectivity index (χ3n) is 3.97. The van der Waals surface area contributed by atoms with Crippen LogP contribution in [0.15, 0.2) is 0 Å². The molecular formula is C13H24N2OS. The van der Waals surface area contributed by atoms with E-state index >= 15 is 0 Å². The number of carbonyl (C=O) groups is 1. The van der Waals surface area contributed by atoms with E-state index in [9.17, 15) is 4.79 Å². The summed E-state index contributed by atoms with van der Waals surface area (Å²) in [5.74, 6) is 0.488. The fourth-order valence-corrected chi connectivity index (χ4v) is 3.71. The van der Waals surface area contributed by atoms with Gasteiger partial charge in [-0.25, -0.2) is 0 Å². The summed E-state index contributed by atoms with van der Waals surface area (Å²) in [6.07, 6.45) is 9.28. The summed E-state index contributed by atoms with van der Waals surface area (Å²) in [4.78, 5) is 12.1. The van der Waals surface area contributed by atoms with Crippen molar-refractivity contribution in [2.24, 2.45) is 5.92 Å². The van der Waals surface area contributed by atoms with Gasteiger partial charge in [0.2, 0.25) is 5.91 Å². The smallest absolute Gasteiger partial charge is 0.224 e. The lowest BCUT2D eigenvalue weighted by Gasteiger charge is -2.31. The average molecular weight is 256 g/mol. The number of thioether (sulfide) groups is 1. The van der Waals surface area contributed by atoms with Crippen molar-refractivity contribution in [3.05, 3.63) is 0 Å². The quantitative estimate of drug-likeness (QED) is 0.809. The lowest BCUT2D eigenvalue weighted by Crippen LogP contribution is -2.46. The molecular weight excluding hydrogens is 232 g/mol. The third kappa shape index (κ3) is 3.88. The number of carbonyl (C=O) groups excluding carboxylic acids is 1. The molecule has 0 radical (unpaired) electrons. The van der Waals surface area contributed by atoms with E-state index < -0.39 is 0 Å². The van der Waals surface area contributed by atoms with Crippen LogP contribution < -0.4 is 10.6 Å². The first-order chi connectivity index (χ1) is 8.29. The molecule has 3 atom stereocenters. The first kappa shape index (κ1) is 13.2. The van der Waals surface area contributed by atoms with Crippen LogP contribution in [0.1, 0.15) is 38.5 Å². The van der Waals surface area contributed by atoms with Crippen molar-refractivity contribution >= 4 is 17.7 Å². The van der Waals surface area contributed by atoms with Gasteiger partial charge in [-0.2, -0.15) is 11.8 Å². The normalized spacial score (nSPS) is 34.3. The van der Waals surface area contributed by atoms with Crippen molar-refractivity contribution in [1.82, 2.24) is 10.6 Å². The maximum absolute atomic E-state index is 12.1. The summed E-state index contributed by atoms with van der Waals surface area (Å²) in [5.41, 5.74) is 0. The molecule has 1 aliphatic heterocycles. The van der Waals surface area contributed by atoms with Crippen LogP contribution in [0.5, 0.6) is 0 Å². The van der Waals surface area contributed by atoms with Gasteiger partial charge in [-0.3, -0.25) is 4.79 Å². The molecule has 17 heavy (non-hydrogen) atoms. The summed E-state index contributed by atoms with van der Waals surface area (Å²) in [6, 6.07) is 0.427. The Morgan fingerprint density at radius 1 is 1.29 bits per heavy atom. The van der Waals surface area contributed by atoms with Crippen LogP contribution in [0.2, 0.25) is 0 Å². The number of hydrogen-bond acceptors (Lipinski definition) is 3. The highest BCUT2D eigenvalue weighted by Gasteiger charge is 2.26. The highest BCUT2D eigenvalue weighted by Crippen LogP contribution is 2.27. The van der Waals surface area contributed by atoms with Crippen molar-refractivity contribution in [2.45, 2.75) is 49.8 Å². The topological polar surface area (TPSA) is 41.1 Å². The molecule has 1 aliphatic carbocycles. The minimum atomic E-state index is 0.207. The van der Waals surface area contributed by atoms with Gasteiger partial charge in [0.25, 0.3) is 0 Å². The summed E-state index contributed by atoms with van der Waals surface area (Å²) in [7, 11) is 0. The van der Waals surface area contributed by atoms with Gasteiger partial charge in [-0.1, -0.05) is 6.42 Å². The number of piperidine rings is 1. The van der Waals surface area contributed by atoms with Crippen LogP contribution in [0.3, 0.4) is 0 Å². The Bertz CT molecular complexity index is 254. The first-order valence-electron chi connectivity index (χ1n) is 6.83. The summed E-state index contributed by atoms with van der Waals surface area (Å²) >= 11 is 1.95. The molecule has 1 amide bonds. The Hall–Kier alpha value is -0.220. The second-order valence-corrected chi connectivity index (χ2v) is 6.41. The van der Waals surface area contributed by atoms with Gasteiger partial charge >= 0.3 is 0 Å². The number of rotatable bonds is 3. The molecule has 2 N–H and O–H groups in total. The molecule has 0 aromatic carbocycles. The molecule has 0 aromatic rings. The molecule has 4 heteroatoms. The predicted octanol–water partition coefficient (Wildman–Crippen LogP) is 1.78. The van der Waals surface area contributed by atoms with E-state index in [4.69, 9.17) is 0 Å². The molecule has 3 unspecified atom stereocenters. The molecule has 98 valence electrons. The molecule has 1 saturated heterocycles. The van der Waals surface area contributed by atoms with Crippen LogP contribution in [-0.2, 0) is 4.79 Å². The van der Waals surface area contributed by atoms with Crippen LogP contribution >= 0.6 is 11.8 Å². The van der Waals surface area contributed by atoms with Gasteiger partial charge in [0, 0.05) is 17.8 Å². The second-order valence-electron chi connectivity index (χ2n) is 5.27. The highest BCUT2D eigenvalue weighted by atomic mass is 32.2. The summed E-state index contributed by atoms with van der Waals surface area (Å²) in [5, 5.41) is 7.32. The van der Waals surface area contributed by atoms with E-state index in [0.717, 1.165) is 37.6 Å². The molecule has 3 nitrogen and oxygen atoms in total. The third-order valence-corrected chi connectivity index (χ3v) is 5.07. The van der Waals surface area contributed by atoms with Gasteiger partial charge in [-0.05, 0) is 44.9 Å². The Kier molecular flexibility index (Phi) is 5.16. The standard InChI is InChI=1S/C13H24N2OS/c1-17-12-6-2-5-11(8-12)15-13(16)10-4-3-7-14-9-10/h10-12,14H,2-9H2,1H3,(H,15,16). The van der Waals surface area contributed by atoms with Crippen molar-refractivity contribution in [2.75, 3.05) is 19.3 Å². The zero-order valence-corrected chi connectivity index (χ0v) is 11.5. The Morgan fingerprint density at radius 3 is 2.88 bits per heavy atom. The minimum absolute atomic E-state index is 0.207. The van der Waals surface area contributed by atoms with Crippen LogP contribution in [0, 0.1) is 5.92 Å². The van der Waals surface area contributed by atoms with Gasteiger partial charge in [0.1, 0.15) is 0 Å². The zero-order valence-electron chi connectivity index (χ0n) is 10.7. The van der Waals surface area contributed by atoms with Crippen LogP contribution in [0.4, 0.5) is 0 Å².